The Morgan fingerprint density at radius 1 is 1.18 bits per heavy atom. The minimum absolute atomic E-state index is 0. The molecule has 130 valence electrons. The third-order valence-electron chi connectivity index (χ3n) is 3.25. The van der Waals surface area contributed by atoms with Gasteiger partial charge >= 0.3 is 0 Å². The van der Waals surface area contributed by atoms with Crippen LogP contribution in [0.15, 0.2) is 4.99 Å². The average molecular weight is 426 g/mol. The SMILES string of the molecule is CCOCCCCNC(=NC)NCCCC(=O)NC1CC1.I. The summed E-state index contributed by atoms with van der Waals surface area (Å²) in [7, 11) is 1.76. The molecule has 1 saturated carbocycles. The molecule has 0 spiro atoms. The Morgan fingerprint density at radius 2 is 1.86 bits per heavy atom. The molecule has 0 aromatic rings. The lowest BCUT2D eigenvalue weighted by Crippen LogP contribution is -2.38. The van der Waals surface area contributed by atoms with Crippen LogP contribution in [0, 0.1) is 0 Å². The van der Waals surface area contributed by atoms with Crippen molar-refractivity contribution in [1.29, 1.82) is 0 Å². The van der Waals surface area contributed by atoms with Crippen LogP contribution in [-0.4, -0.2) is 51.3 Å². The van der Waals surface area contributed by atoms with E-state index in [9.17, 15) is 4.79 Å². The summed E-state index contributed by atoms with van der Waals surface area (Å²) in [5.74, 6) is 0.965. The fourth-order valence-corrected chi connectivity index (χ4v) is 1.88. The van der Waals surface area contributed by atoms with Crippen LogP contribution in [0.25, 0.3) is 0 Å². The molecule has 7 heteroatoms. The van der Waals surface area contributed by atoms with Gasteiger partial charge < -0.3 is 20.7 Å². The van der Waals surface area contributed by atoms with Crippen molar-refractivity contribution < 1.29 is 9.53 Å². The summed E-state index contributed by atoms with van der Waals surface area (Å²) >= 11 is 0. The Balaban J connectivity index is 0.00000441. The first-order chi connectivity index (χ1) is 10.3. The van der Waals surface area contributed by atoms with E-state index in [-0.39, 0.29) is 29.9 Å². The number of nitrogens with zero attached hydrogens (tertiary/aromatic N) is 1. The van der Waals surface area contributed by atoms with Crippen molar-refractivity contribution in [3.63, 3.8) is 0 Å². The number of halogens is 1. The summed E-state index contributed by atoms with van der Waals surface area (Å²) in [4.78, 5) is 15.7. The van der Waals surface area contributed by atoms with Gasteiger partial charge in [-0.1, -0.05) is 0 Å². The maximum Gasteiger partial charge on any atom is 0.220 e. The molecule has 1 aliphatic rings. The average Bonchev–Trinajstić information content (AvgIpc) is 3.28. The lowest BCUT2D eigenvalue weighted by molar-refractivity contribution is -0.121. The lowest BCUT2D eigenvalue weighted by Gasteiger charge is -2.11. The highest BCUT2D eigenvalue weighted by Crippen LogP contribution is 2.18. The smallest absolute Gasteiger partial charge is 0.220 e. The predicted molar refractivity (Wildman–Crippen MR) is 101 cm³/mol. The quantitative estimate of drug-likeness (QED) is 0.203. The van der Waals surface area contributed by atoms with Crippen LogP contribution in [0.2, 0.25) is 0 Å². The van der Waals surface area contributed by atoms with Crippen LogP contribution in [-0.2, 0) is 9.53 Å². The van der Waals surface area contributed by atoms with Crippen LogP contribution < -0.4 is 16.0 Å². The van der Waals surface area contributed by atoms with Crippen molar-refractivity contribution in [2.45, 2.75) is 51.5 Å². The van der Waals surface area contributed by atoms with E-state index < -0.39 is 0 Å². The second-order valence-corrected chi connectivity index (χ2v) is 5.28. The zero-order chi connectivity index (χ0) is 15.3. The van der Waals surface area contributed by atoms with E-state index in [0.717, 1.165) is 64.4 Å². The van der Waals surface area contributed by atoms with E-state index in [0.29, 0.717) is 12.5 Å². The molecule has 22 heavy (non-hydrogen) atoms. The van der Waals surface area contributed by atoms with Crippen molar-refractivity contribution in [2.75, 3.05) is 33.4 Å². The molecule has 0 radical (unpaired) electrons. The number of carbonyl (C=O) groups excluding carboxylic acids is 1. The summed E-state index contributed by atoms with van der Waals surface area (Å²) in [6, 6.07) is 0.455. The zero-order valence-corrected chi connectivity index (χ0v) is 16.2. The first kappa shape index (κ1) is 21.4. The standard InChI is InChI=1S/C15H30N4O2.HI/c1-3-21-12-5-4-10-17-15(16-2)18-11-6-7-14(20)19-13-8-9-13;/h13H,3-12H2,1-2H3,(H,19,20)(H2,16,17,18);1H. The minimum Gasteiger partial charge on any atom is -0.382 e. The number of hydrogen-bond donors (Lipinski definition) is 3. The molecule has 6 nitrogen and oxygen atoms in total. The van der Waals surface area contributed by atoms with Gasteiger partial charge in [0.25, 0.3) is 0 Å². The highest BCUT2D eigenvalue weighted by atomic mass is 127. The zero-order valence-electron chi connectivity index (χ0n) is 13.8. The maximum atomic E-state index is 11.5. The number of hydrogen-bond acceptors (Lipinski definition) is 3. The van der Waals surface area contributed by atoms with Gasteiger partial charge in [0.1, 0.15) is 0 Å². The highest BCUT2D eigenvalue weighted by molar-refractivity contribution is 14.0. The third kappa shape index (κ3) is 12.0. The molecule has 1 rings (SSSR count). The van der Waals surface area contributed by atoms with E-state index in [4.69, 9.17) is 4.74 Å². The monoisotopic (exact) mass is 426 g/mol. The molecule has 1 fully saturated rings. The Hall–Kier alpha value is -0.570. The van der Waals surface area contributed by atoms with Crippen molar-refractivity contribution in [3.8, 4) is 0 Å². The largest absolute Gasteiger partial charge is 0.382 e. The predicted octanol–water partition coefficient (Wildman–Crippen LogP) is 1.64. The number of nitrogens with one attached hydrogen (secondary N) is 3. The molecule has 0 aromatic carbocycles. The minimum atomic E-state index is 0. The number of carbonyl (C=O) groups is 1. The van der Waals surface area contributed by atoms with Crippen molar-refractivity contribution in [3.05, 3.63) is 0 Å². The van der Waals surface area contributed by atoms with E-state index >= 15 is 0 Å². The lowest BCUT2D eigenvalue weighted by atomic mass is 10.3. The van der Waals surface area contributed by atoms with Gasteiger partial charge in [0.2, 0.25) is 5.91 Å². The normalized spacial score (nSPS) is 14.2. The summed E-state index contributed by atoms with van der Waals surface area (Å²) in [5.41, 5.74) is 0. The van der Waals surface area contributed by atoms with Crippen molar-refractivity contribution in [2.24, 2.45) is 4.99 Å². The molecule has 0 heterocycles. The number of amides is 1. The van der Waals surface area contributed by atoms with Crippen LogP contribution >= 0.6 is 24.0 Å². The molecule has 0 unspecified atom stereocenters. The van der Waals surface area contributed by atoms with Crippen LogP contribution in [0.4, 0.5) is 0 Å². The molecule has 0 aromatic heterocycles. The van der Waals surface area contributed by atoms with E-state index in [2.05, 4.69) is 20.9 Å². The molecule has 0 bridgehead atoms. The van der Waals surface area contributed by atoms with Gasteiger partial charge in [-0.15, -0.1) is 24.0 Å². The van der Waals surface area contributed by atoms with Gasteiger partial charge in [0.15, 0.2) is 5.96 Å². The second-order valence-electron chi connectivity index (χ2n) is 5.28. The number of unbranched alkanes of at least 4 members (excludes halogenated alkanes) is 1. The van der Waals surface area contributed by atoms with Gasteiger partial charge in [-0.25, -0.2) is 0 Å². The van der Waals surface area contributed by atoms with Gasteiger partial charge in [0.05, 0.1) is 0 Å². The molecule has 0 saturated heterocycles. The molecule has 1 aliphatic carbocycles. The first-order valence-corrected chi connectivity index (χ1v) is 8.08. The van der Waals surface area contributed by atoms with Crippen LogP contribution in [0.5, 0.6) is 0 Å². The van der Waals surface area contributed by atoms with Gasteiger partial charge in [-0.05, 0) is 39.0 Å². The third-order valence-corrected chi connectivity index (χ3v) is 3.25. The van der Waals surface area contributed by atoms with Crippen molar-refractivity contribution in [1.82, 2.24) is 16.0 Å². The topological polar surface area (TPSA) is 74.8 Å². The number of rotatable bonds is 11. The summed E-state index contributed by atoms with van der Waals surface area (Å²) in [6.45, 7) is 5.26. The first-order valence-electron chi connectivity index (χ1n) is 8.08. The highest BCUT2D eigenvalue weighted by Gasteiger charge is 2.22. The van der Waals surface area contributed by atoms with E-state index in [1.165, 1.54) is 0 Å². The second kappa shape index (κ2) is 14.0. The van der Waals surface area contributed by atoms with Crippen LogP contribution in [0.1, 0.15) is 45.4 Å². The molecule has 0 aliphatic heterocycles. The van der Waals surface area contributed by atoms with Gasteiger partial charge in [-0.2, -0.15) is 0 Å². The molecular formula is C15H31IN4O2. The number of ether oxygens (including phenoxy) is 1. The Morgan fingerprint density at radius 3 is 2.45 bits per heavy atom. The molecule has 1 amide bonds. The molecule has 3 N–H and O–H groups in total. The Kier molecular flexibility index (Phi) is 13.7. The number of guanidine groups is 1. The Bertz CT molecular complexity index is 323. The summed E-state index contributed by atoms with van der Waals surface area (Å²) in [6.07, 6.45) is 5.80. The molecule has 0 atom stereocenters. The van der Waals surface area contributed by atoms with Crippen molar-refractivity contribution >= 4 is 35.8 Å². The fourth-order valence-electron chi connectivity index (χ4n) is 1.88. The van der Waals surface area contributed by atoms with E-state index in [1.807, 2.05) is 6.92 Å². The van der Waals surface area contributed by atoms with Gasteiger partial charge in [0, 0.05) is 45.8 Å². The summed E-state index contributed by atoms with van der Waals surface area (Å²) < 4.78 is 5.29. The van der Waals surface area contributed by atoms with E-state index in [1.54, 1.807) is 7.05 Å². The Labute approximate surface area is 151 Å². The fraction of sp³-hybridized carbons (Fsp3) is 0.867. The number of aliphatic imine (C=N–C) groups is 1. The van der Waals surface area contributed by atoms with Crippen LogP contribution in [0.3, 0.4) is 0 Å². The summed E-state index contributed by atoms with van der Waals surface area (Å²) in [5, 5.41) is 9.47. The maximum absolute atomic E-state index is 11.5. The molecular weight excluding hydrogens is 395 g/mol. The van der Waals surface area contributed by atoms with Gasteiger partial charge in [-0.3, -0.25) is 9.79 Å².